The lowest BCUT2D eigenvalue weighted by Gasteiger charge is -2.11. The summed E-state index contributed by atoms with van der Waals surface area (Å²) in [6, 6.07) is 6.23. The molecule has 3 nitrogen and oxygen atoms in total. The van der Waals surface area contributed by atoms with Crippen LogP contribution >= 0.6 is 11.6 Å². The van der Waals surface area contributed by atoms with Crippen LogP contribution in [0.1, 0.15) is 24.7 Å². The maximum absolute atomic E-state index is 13.2. The molecule has 0 aliphatic heterocycles. The Bertz CT molecular complexity index is 587. The number of halogens is 2. The molecule has 19 heavy (non-hydrogen) atoms. The van der Waals surface area contributed by atoms with E-state index in [-0.39, 0.29) is 5.82 Å². The van der Waals surface area contributed by atoms with Crippen molar-refractivity contribution in [2.45, 2.75) is 26.7 Å². The number of benzene rings is 1. The Morgan fingerprint density at radius 3 is 2.79 bits per heavy atom. The molecule has 0 spiro atoms. The van der Waals surface area contributed by atoms with Crippen LogP contribution in [0.3, 0.4) is 0 Å². The molecule has 1 N–H and O–H groups in total. The minimum Gasteiger partial charge on any atom is -0.340 e. The van der Waals surface area contributed by atoms with E-state index in [4.69, 9.17) is 11.6 Å². The Morgan fingerprint density at radius 2 is 2.11 bits per heavy atom. The number of aryl methyl sites for hydroxylation is 1. The number of anilines is 2. The molecule has 0 fully saturated rings. The van der Waals surface area contributed by atoms with Gasteiger partial charge in [-0.3, -0.25) is 0 Å². The van der Waals surface area contributed by atoms with E-state index in [9.17, 15) is 4.39 Å². The molecular weight excluding hydrogens is 265 g/mol. The topological polar surface area (TPSA) is 37.8 Å². The van der Waals surface area contributed by atoms with Crippen molar-refractivity contribution >= 4 is 23.1 Å². The molecule has 0 saturated heterocycles. The fraction of sp³-hybridized carbons (Fsp3) is 0.286. The maximum Gasteiger partial charge on any atom is 0.138 e. The largest absolute Gasteiger partial charge is 0.340 e. The summed E-state index contributed by atoms with van der Waals surface area (Å²) < 4.78 is 13.2. The van der Waals surface area contributed by atoms with Gasteiger partial charge in [-0.1, -0.05) is 24.6 Å². The number of hydrogen-bond acceptors (Lipinski definition) is 3. The van der Waals surface area contributed by atoms with Crippen molar-refractivity contribution in [3.8, 4) is 0 Å². The molecule has 1 heterocycles. The standard InChI is InChI=1S/C14H15ClFN3/c1-3-5-12-18-13(15)9(2)14(19-12)17-11-7-4-6-10(16)8-11/h4,6-8H,3,5H2,1-2H3,(H,17,18,19). The summed E-state index contributed by atoms with van der Waals surface area (Å²) in [5, 5.41) is 3.51. The van der Waals surface area contributed by atoms with Crippen LogP contribution in [0.2, 0.25) is 5.15 Å². The van der Waals surface area contributed by atoms with Gasteiger partial charge in [-0.05, 0) is 31.5 Å². The highest BCUT2D eigenvalue weighted by molar-refractivity contribution is 6.30. The molecule has 100 valence electrons. The van der Waals surface area contributed by atoms with Crippen LogP contribution in [-0.4, -0.2) is 9.97 Å². The van der Waals surface area contributed by atoms with Crippen molar-refractivity contribution in [3.63, 3.8) is 0 Å². The van der Waals surface area contributed by atoms with Crippen LogP contribution in [-0.2, 0) is 6.42 Å². The smallest absolute Gasteiger partial charge is 0.138 e. The Balaban J connectivity index is 2.33. The van der Waals surface area contributed by atoms with Crippen LogP contribution in [0.15, 0.2) is 24.3 Å². The molecule has 0 radical (unpaired) electrons. The molecule has 0 aliphatic rings. The molecule has 0 atom stereocenters. The van der Waals surface area contributed by atoms with Crippen molar-refractivity contribution in [2.24, 2.45) is 0 Å². The third-order valence-corrected chi connectivity index (χ3v) is 3.06. The predicted molar refractivity (Wildman–Crippen MR) is 75.5 cm³/mol. The molecule has 5 heteroatoms. The van der Waals surface area contributed by atoms with Gasteiger partial charge in [0.2, 0.25) is 0 Å². The molecule has 0 amide bonds. The number of rotatable bonds is 4. The molecule has 0 saturated carbocycles. The quantitative estimate of drug-likeness (QED) is 0.849. The van der Waals surface area contributed by atoms with Gasteiger partial charge < -0.3 is 5.32 Å². The lowest BCUT2D eigenvalue weighted by molar-refractivity contribution is 0.628. The Kier molecular flexibility index (Phi) is 4.32. The highest BCUT2D eigenvalue weighted by Crippen LogP contribution is 2.24. The second-order valence-corrected chi connectivity index (χ2v) is 4.65. The van der Waals surface area contributed by atoms with E-state index < -0.39 is 0 Å². The SMILES string of the molecule is CCCc1nc(Cl)c(C)c(Nc2cccc(F)c2)n1. The Labute approximate surface area is 116 Å². The molecule has 0 aliphatic carbocycles. The Morgan fingerprint density at radius 1 is 1.32 bits per heavy atom. The summed E-state index contributed by atoms with van der Waals surface area (Å²) in [6.07, 6.45) is 1.70. The normalized spacial score (nSPS) is 10.5. The highest BCUT2D eigenvalue weighted by Gasteiger charge is 2.09. The zero-order valence-corrected chi connectivity index (χ0v) is 11.6. The van der Waals surface area contributed by atoms with E-state index in [1.807, 2.05) is 6.92 Å². The van der Waals surface area contributed by atoms with Crippen molar-refractivity contribution in [2.75, 3.05) is 5.32 Å². The van der Waals surface area contributed by atoms with Gasteiger partial charge in [0, 0.05) is 17.7 Å². The highest BCUT2D eigenvalue weighted by atomic mass is 35.5. The zero-order chi connectivity index (χ0) is 13.8. The van der Waals surface area contributed by atoms with Crippen molar-refractivity contribution < 1.29 is 4.39 Å². The maximum atomic E-state index is 13.2. The van der Waals surface area contributed by atoms with Gasteiger partial charge in [-0.25, -0.2) is 14.4 Å². The van der Waals surface area contributed by atoms with E-state index >= 15 is 0 Å². The average Bonchev–Trinajstić information content (AvgIpc) is 2.36. The summed E-state index contributed by atoms with van der Waals surface area (Å²) >= 11 is 6.09. The minimum absolute atomic E-state index is 0.295. The number of aromatic nitrogens is 2. The molecule has 1 aromatic carbocycles. The van der Waals surface area contributed by atoms with Gasteiger partial charge in [0.15, 0.2) is 0 Å². The second kappa shape index (κ2) is 5.97. The van der Waals surface area contributed by atoms with Crippen molar-refractivity contribution in [3.05, 3.63) is 46.6 Å². The second-order valence-electron chi connectivity index (χ2n) is 4.29. The van der Waals surface area contributed by atoms with Crippen LogP contribution in [0.4, 0.5) is 15.9 Å². The first-order valence-corrected chi connectivity index (χ1v) is 6.53. The van der Waals surface area contributed by atoms with Gasteiger partial charge >= 0.3 is 0 Å². The van der Waals surface area contributed by atoms with E-state index in [1.54, 1.807) is 12.1 Å². The summed E-state index contributed by atoms with van der Waals surface area (Å²) in [5.41, 5.74) is 1.39. The molecule has 0 unspecified atom stereocenters. The lowest BCUT2D eigenvalue weighted by Crippen LogP contribution is -2.03. The van der Waals surface area contributed by atoms with Gasteiger partial charge in [0.05, 0.1) is 0 Å². The van der Waals surface area contributed by atoms with Crippen molar-refractivity contribution in [1.29, 1.82) is 0 Å². The first-order valence-electron chi connectivity index (χ1n) is 6.15. The molecular formula is C14H15ClFN3. The van der Waals surface area contributed by atoms with E-state index in [0.29, 0.717) is 22.5 Å². The van der Waals surface area contributed by atoms with E-state index in [0.717, 1.165) is 18.4 Å². The summed E-state index contributed by atoms with van der Waals surface area (Å²) in [4.78, 5) is 8.64. The predicted octanol–water partition coefficient (Wildman–Crippen LogP) is 4.27. The monoisotopic (exact) mass is 279 g/mol. The van der Waals surface area contributed by atoms with Gasteiger partial charge in [-0.15, -0.1) is 0 Å². The number of nitrogens with zero attached hydrogens (tertiary/aromatic N) is 2. The lowest BCUT2D eigenvalue weighted by atomic mass is 10.2. The molecule has 2 aromatic rings. The molecule has 2 rings (SSSR count). The minimum atomic E-state index is -0.295. The van der Waals surface area contributed by atoms with Crippen LogP contribution in [0.5, 0.6) is 0 Å². The number of hydrogen-bond donors (Lipinski definition) is 1. The fourth-order valence-corrected chi connectivity index (χ4v) is 1.88. The molecule has 1 aromatic heterocycles. The average molecular weight is 280 g/mol. The number of nitrogens with one attached hydrogen (secondary N) is 1. The summed E-state index contributed by atoms with van der Waals surface area (Å²) in [7, 11) is 0. The van der Waals surface area contributed by atoms with Gasteiger partial charge in [0.25, 0.3) is 0 Å². The summed E-state index contributed by atoms with van der Waals surface area (Å²) in [5.74, 6) is 1.02. The fourth-order valence-electron chi connectivity index (χ4n) is 1.69. The van der Waals surface area contributed by atoms with Crippen LogP contribution in [0, 0.1) is 12.7 Å². The van der Waals surface area contributed by atoms with Crippen LogP contribution < -0.4 is 5.32 Å². The van der Waals surface area contributed by atoms with Crippen LogP contribution in [0.25, 0.3) is 0 Å². The Hall–Kier alpha value is -1.68. The summed E-state index contributed by atoms with van der Waals surface area (Å²) in [6.45, 7) is 3.89. The third-order valence-electron chi connectivity index (χ3n) is 2.69. The first-order chi connectivity index (χ1) is 9.10. The van der Waals surface area contributed by atoms with E-state index in [2.05, 4.69) is 22.2 Å². The first kappa shape index (κ1) is 13.7. The molecule has 0 bridgehead atoms. The van der Waals surface area contributed by atoms with Gasteiger partial charge in [-0.2, -0.15) is 0 Å². The third kappa shape index (κ3) is 3.41. The van der Waals surface area contributed by atoms with E-state index in [1.165, 1.54) is 12.1 Å². The van der Waals surface area contributed by atoms with Crippen molar-refractivity contribution in [1.82, 2.24) is 9.97 Å². The zero-order valence-electron chi connectivity index (χ0n) is 10.9. The van der Waals surface area contributed by atoms with Gasteiger partial charge in [0.1, 0.15) is 22.6 Å².